The van der Waals surface area contributed by atoms with Crippen LogP contribution in [-0.2, 0) is 13.0 Å². The molecule has 2 heterocycles. The molecule has 1 aliphatic rings. The lowest BCUT2D eigenvalue weighted by Crippen LogP contribution is -3.13. The molecule has 1 saturated heterocycles. The third-order valence-electron chi connectivity index (χ3n) is 4.59. The van der Waals surface area contributed by atoms with Crippen LogP contribution in [0.2, 0.25) is 0 Å². The number of ether oxygens (including phenoxy) is 1. The van der Waals surface area contributed by atoms with Crippen molar-refractivity contribution in [3.05, 3.63) is 54.4 Å². The summed E-state index contributed by atoms with van der Waals surface area (Å²) in [5.41, 5.74) is 1.79. The number of phenols is 1. The molecule has 0 bridgehead atoms. The van der Waals surface area contributed by atoms with Crippen molar-refractivity contribution < 1.29 is 14.7 Å². The van der Waals surface area contributed by atoms with E-state index in [-0.39, 0.29) is 0 Å². The standard InChI is InChI=1S/C19H24N4O2/c1-3-5-15-12-17(25-2)13-16(18(15)24)14-22-8-10-23(11-9-22)19-20-6-4-7-21-19/h3-4,6-7,12-13,24H,1,5,8-11,14H2,2H3/p+1. The highest BCUT2D eigenvalue weighted by Gasteiger charge is 2.23. The second-order valence-corrected chi connectivity index (χ2v) is 6.25. The quantitative estimate of drug-likeness (QED) is 0.762. The minimum absolute atomic E-state index is 0.363. The lowest BCUT2D eigenvalue weighted by atomic mass is 10.0. The maximum Gasteiger partial charge on any atom is 0.225 e. The zero-order valence-corrected chi connectivity index (χ0v) is 14.6. The number of quaternary nitrogens is 1. The van der Waals surface area contributed by atoms with E-state index in [1.807, 2.05) is 18.2 Å². The summed E-state index contributed by atoms with van der Waals surface area (Å²) in [5, 5.41) is 10.6. The van der Waals surface area contributed by atoms with E-state index < -0.39 is 0 Å². The number of phenolic OH excluding ortho intramolecular Hbond substituents is 1. The summed E-state index contributed by atoms with van der Waals surface area (Å²) in [6.07, 6.45) is 5.97. The van der Waals surface area contributed by atoms with Crippen LogP contribution >= 0.6 is 0 Å². The average Bonchev–Trinajstić information content (AvgIpc) is 2.66. The van der Waals surface area contributed by atoms with Crippen LogP contribution in [0.25, 0.3) is 0 Å². The summed E-state index contributed by atoms with van der Waals surface area (Å²) < 4.78 is 5.38. The second-order valence-electron chi connectivity index (χ2n) is 6.25. The summed E-state index contributed by atoms with van der Waals surface area (Å²) in [6, 6.07) is 5.64. The molecule has 1 aromatic heterocycles. The highest BCUT2D eigenvalue weighted by molar-refractivity contribution is 5.46. The van der Waals surface area contributed by atoms with Gasteiger partial charge in [0.1, 0.15) is 18.0 Å². The van der Waals surface area contributed by atoms with Crippen molar-refractivity contribution in [2.45, 2.75) is 13.0 Å². The van der Waals surface area contributed by atoms with Gasteiger partial charge in [0.25, 0.3) is 0 Å². The number of piperazine rings is 1. The molecule has 132 valence electrons. The monoisotopic (exact) mass is 341 g/mol. The predicted molar refractivity (Wildman–Crippen MR) is 97.2 cm³/mol. The van der Waals surface area contributed by atoms with Gasteiger partial charge in [-0.05, 0) is 24.6 Å². The first-order valence-electron chi connectivity index (χ1n) is 8.56. The van der Waals surface area contributed by atoms with Crippen molar-refractivity contribution in [3.8, 4) is 11.5 Å². The van der Waals surface area contributed by atoms with Crippen LogP contribution in [0, 0.1) is 0 Å². The number of anilines is 1. The molecular weight excluding hydrogens is 316 g/mol. The van der Waals surface area contributed by atoms with E-state index in [0.29, 0.717) is 12.2 Å². The van der Waals surface area contributed by atoms with Crippen molar-refractivity contribution in [3.63, 3.8) is 0 Å². The molecule has 0 amide bonds. The van der Waals surface area contributed by atoms with Crippen molar-refractivity contribution in [2.24, 2.45) is 0 Å². The Morgan fingerprint density at radius 2 is 1.92 bits per heavy atom. The summed E-state index contributed by atoms with van der Waals surface area (Å²) in [5.74, 6) is 1.93. The maximum absolute atomic E-state index is 10.6. The lowest BCUT2D eigenvalue weighted by Gasteiger charge is -2.32. The number of hydrogen-bond donors (Lipinski definition) is 2. The van der Waals surface area contributed by atoms with Crippen LogP contribution in [0.15, 0.2) is 43.2 Å². The average molecular weight is 341 g/mol. The molecule has 6 heteroatoms. The van der Waals surface area contributed by atoms with Gasteiger partial charge < -0.3 is 19.6 Å². The van der Waals surface area contributed by atoms with Crippen LogP contribution in [-0.4, -0.2) is 48.4 Å². The van der Waals surface area contributed by atoms with Crippen LogP contribution < -0.4 is 14.5 Å². The number of nitrogens with zero attached hydrogens (tertiary/aromatic N) is 3. The van der Waals surface area contributed by atoms with Crippen LogP contribution in [0.5, 0.6) is 11.5 Å². The van der Waals surface area contributed by atoms with Crippen molar-refractivity contribution in [1.29, 1.82) is 0 Å². The van der Waals surface area contributed by atoms with Gasteiger partial charge in [0.05, 0.1) is 38.9 Å². The molecule has 0 atom stereocenters. The van der Waals surface area contributed by atoms with Crippen molar-refractivity contribution in [2.75, 3.05) is 38.2 Å². The molecule has 0 unspecified atom stereocenters. The molecule has 0 spiro atoms. The first-order chi connectivity index (χ1) is 12.2. The van der Waals surface area contributed by atoms with E-state index >= 15 is 0 Å². The summed E-state index contributed by atoms with van der Waals surface area (Å²) in [4.78, 5) is 12.3. The number of aromatic hydroxyl groups is 1. The van der Waals surface area contributed by atoms with Gasteiger partial charge in [0, 0.05) is 18.0 Å². The zero-order chi connectivity index (χ0) is 17.6. The van der Waals surface area contributed by atoms with E-state index in [1.54, 1.807) is 25.6 Å². The van der Waals surface area contributed by atoms with Gasteiger partial charge >= 0.3 is 0 Å². The smallest absolute Gasteiger partial charge is 0.225 e. The van der Waals surface area contributed by atoms with E-state index in [1.165, 1.54) is 4.90 Å². The molecule has 3 rings (SSSR count). The predicted octanol–water partition coefficient (Wildman–Crippen LogP) is 0.824. The van der Waals surface area contributed by atoms with Crippen LogP contribution in [0.3, 0.4) is 0 Å². The molecule has 0 aliphatic carbocycles. The number of aromatic nitrogens is 2. The normalized spacial score (nSPS) is 15.2. The number of allylic oxidation sites excluding steroid dienone is 1. The molecule has 0 saturated carbocycles. The van der Waals surface area contributed by atoms with Gasteiger partial charge in [0.15, 0.2) is 0 Å². The van der Waals surface area contributed by atoms with E-state index in [4.69, 9.17) is 4.74 Å². The summed E-state index contributed by atoms with van der Waals surface area (Å²) >= 11 is 0. The molecule has 2 aromatic rings. The Hall–Kier alpha value is -2.60. The number of methoxy groups -OCH3 is 1. The fourth-order valence-corrected chi connectivity index (χ4v) is 3.22. The van der Waals surface area contributed by atoms with Gasteiger partial charge in [-0.25, -0.2) is 9.97 Å². The van der Waals surface area contributed by atoms with E-state index in [2.05, 4.69) is 21.4 Å². The Bertz CT molecular complexity index is 713. The third-order valence-corrected chi connectivity index (χ3v) is 4.59. The Balaban J connectivity index is 1.67. The van der Waals surface area contributed by atoms with Gasteiger partial charge in [0.2, 0.25) is 5.95 Å². The van der Waals surface area contributed by atoms with E-state index in [9.17, 15) is 5.11 Å². The molecule has 6 nitrogen and oxygen atoms in total. The van der Waals surface area contributed by atoms with Gasteiger partial charge in [-0.3, -0.25) is 0 Å². The molecule has 1 aromatic carbocycles. The Morgan fingerprint density at radius 1 is 1.24 bits per heavy atom. The molecule has 1 fully saturated rings. The first-order valence-corrected chi connectivity index (χ1v) is 8.56. The summed E-state index contributed by atoms with van der Waals surface area (Å²) in [7, 11) is 1.65. The second kappa shape index (κ2) is 7.98. The highest BCUT2D eigenvalue weighted by atomic mass is 16.5. The molecule has 2 N–H and O–H groups in total. The Labute approximate surface area is 148 Å². The molecule has 0 radical (unpaired) electrons. The Kier molecular flexibility index (Phi) is 5.50. The molecule has 1 aliphatic heterocycles. The topological polar surface area (TPSA) is 62.9 Å². The number of rotatable bonds is 6. The number of hydrogen-bond acceptors (Lipinski definition) is 5. The largest absolute Gasteiger partial charge is 0.507 e. The fraction of sp³-hybridized carbons (Fsp3) is 0.368. The number of benzene rings is 1. The number of nitrogens with one attached hydrogen (secondary N) is 1. The van der Waals surface area contributed by atoms with Crippen LogP contribution in [0.4, 0.5) is 5.95 Å². The third kappa shape index (κ3) is 4.09. The zero-order valence-electron chi connectivity index (χ0n) is 14.6. The van der Waals surface area contributed by atoms with E-state index in [0.717, 1.165) is 55.5 Å². The van der Waals surface area contributed by atoms with Gasteiger partial charge in [-0.1, -0.05) is 6.08 Å². The van der Waals surface area contributed by atoms with Crippen molar-refractivity contribution >= 4 is 5.95 Å². The molecule has 25 heavy (non-hydrogen) atoms. The minimum Gasteiger partial charge on any atom is -0.507 e. The van der Waals surface area contributed by atoms with Gasteiger partial charge in [-0.15, -0.1) is 6.58 Å². The fourth-order valence-electron chi connectivity index (χ4n) is 3.22. The lowest BCUT2D eigenvalue weighted by molar-refractivity contribution is -0.914. The first kappa shape index (κ1) is 17.2. The SMILES string of the molecule is C=CCc1cc(OC)cc(C[NH+]2CCN(c3ncccn3)CC2)c1O. The minimum atomic E-state index is 0.363. The summed E-state index contributed by atoms with van der Waals surface area (Å²) in [6.45, 7) is 8.30. The Morgan fingerprint density at radius 3 is 2.56 bits per heavy atom. The van der Waals surface area contributed by atoms with Crippen LogP contribution in [0.1, 0.15) is 11.1 Å². The highest BCUT2D eigenvalue weighted by Crippen LogP contribution is 2.28. The van der Waals surface area contributed by atoms with Gasteiger partial charge in [-0.2, -0.15) is 0 Å². The maximum atomic E-state index is 10.6. The molecular formula is C19H25N4O2+. The van der Waals surface area contributed by atoms with Crippen molar-refractivity contribution in [1.82, 2.24) is 9.97 Å².